The van der Waals surface area contributed by atoms with Gasteiger partial charge in [-0.2, -0.15) is 5.10 Å². The normalized spacial score (nSPS) is 16.8. The quantitative estimate of drug-likeness (QED) is 0.483. The molecule has 0 amide bonds. The Morgan fingerprint density at radius 2 is 1.56 bits per heavy atom. The molecule has 0 radical (unpaired) electrons. The zero-order valence-corrected chi connectivity index (χ0v) is 15.8. The summed E-state index contributed by atoms with van der Waals surface area (Å²) in [5.74, 6) is 0. The average Bonchev–Trinajstić information content (AvgIpc) is 3.08. The Morgan fingerprint density at radius 3 is 2.28 bits per heavy atom. The van der Waals surface area contributed by atoms with Gasteiger partial charge in [0.1, 0.15) is 0 Å². The maximum absolute atomic E-state index is 6.49. The Bertz CT molecular complexity index is 907. The second-order valence-corrected chi connectivity index (χ2v) is 7.30. The monoisotopic (exact) mass is 410 g/mol. The fourth-order valence-corrected chi connectivity index (χ4v) is 3.66. The summed E-state index contributed by atoms with van der Waals surface area (Å²) in [4.78, 5) is 0. The van der Waals surface area contributed by atoms with Gasteiger partial charge in [-0.25, -0.2) is 0 Å². The highest BCUT2D eigenvalue weighted by molar-refractivity contribution is 9.10. The Labute approximate surface area is 160 Å². The lowest BCUT2D eigenvalue weighted by molar-refractivity contribution is 0.709. The molecule has 1 aliphatic rings. The lowest BCUT2D eigenvalue weighted by Crippen LogP contribution is -2.18. The molecule has 4 rings (SSSR count). The second kappa shape index (κ2) is 7.03. The standard InChI is InChI=1S/C21H16BrClN2/c22-16-12-10-15(11-13-16)20-14-21(18-8-4-5-9-19(18)23)25(24-20)17-6-2-1-3-7-17/h1-13,21H,14H2/t21-/m0/s1. The van der Waals surface area contributed by atoms with Gasteiger partial charge in [-0.05, 0) is 41.5 Å². The van der Waals surface area contributed by atoms with E-state index in [9.17, 15) is 0 Å². The van der Waals surface area contributed by atoms with E-state index >= 15 is 0 Å². The van der Waals surface area contributed by atoms with Crippen LogP contribution in [0.5, 0.6) is 0 Å². The van der Waals surface area contributed by atoms with Gasteiger partial charge >= 0.3 is 0 Å². The van der Waals surface area contributed by atoms with Crippen molar-refractivity contribution in [2.24, 2.45) is 5.10 Å². The van der Waals surface area contributed by atoms with Crippen LogP contribution in [-0.4, -0.2) is 5.71 Å². The van der Waals surface area contributed by atoms with Gasteiger partial charge in [0.25, 0.3) is 0 Å². The average molecular weight is 412 g/mol. The summed E-state index contributed by atoms with van der Waals surface area (Å²) in [6.45, 7) is 0. The van der Waals surface area contributed by atoms with Crippen LogP contribution in [0.25, 0.3) is 0 Å². The molecule has 0 aliphatic carbocycles. The summed E-state index contributed by atoms with van der Waals surface area (Å²) in [6, 6.07) is 26.7. The van der Waals surface area contributed by atoms with Crippen molar-refractivity contribution in [3.8, 4) is 0 Å². The molecule has 4 heteroatoms. The van der Waals surface area contributed by atoms with E-state index in [-0.39, 0.29) is 6.04 Å². The number of rotatable bonds is 3. The molecule has 0 saturated carbocycles. The molecule has 3 aromatic rings. The van der Waals surface area contributed by atoms with Crippen molar-refractivity contribution in [3.05, 3.63) is 99.5 Å². The van der Waals surface area contributed by atoms with E-state index in [1.165, 1.54) is 0 Å². The van der Waals surface area contributed by atoms with Crippen LogP contribution in [0.3, 0.4) is 0 Å². The highest BCUT2D eigenvalue weighted by Crippen LogP contribution is 2.39. The largest absolute Gasteiger partial charge is 0.257 e. The van der Waals surface area contributed by atoms with Gasteiger partial charge < -0.3 is 0 Å². The third-order valence-corrected chi connectivity index (χ3v) is 5.25. The van der Waals surface area contributed by atoms with Crippen LogP contribution in [0.15, 0.2) is 88.4 Å². The minimum Gasteiger partial charge on any atom is -0.257 e. The predicted octanol–water partition coefficient (Wildman–Crippen LogP) is 6.46. The first kappa shape index (κ1) is 16.4. The number of para-hydroxylation sites is 1. The van der Waals surface area contributed by atoms with Crippen molar-refractivity contribution < 1.29 is 0 Å². The molecule has 0 unspecified atom stereocenters. The number of halogens is 2. The Balaban J connectivity index is 1.77. The summed E-state index contributed by atoms with van der Waals surface area (Å²) in [6.07, 6.45) is 0.820. The van der Waals surface area contributed by atoms with Crippen LogP contribution in [0.2, 0.25) is 5.02 Å². The molecule has 0 aromatic heterocycles. The second-order valence-electron chi connectivity index (χ2n) is 5.98. The maximum atomic E-state index is 6.49. The third-order valence-electron chi connectivity index (χ3n) is 4.37. The zero-order valence-electron chi connectivity index (χ0n) is 13.4. The van der Waals surface area contributed by atoms with E-state index in [1.54, 1.807) is 0 Å². The summed E-state index contributed by atoms with van der Waals surface area (Å²) >= 11 is 9.98. The number of hydrazone groups is 1. The lowest BCUT2D eigenvalue weighted by Gasteiger charge is -2.24. The number of benzene rings is 3. The molecule has 3 aromatic carbocycles. The molecular weight excluding hydrogens is 396 g/mol. The van der Waals surface area contributed by atoms with E-state index in [2.05, 4.69) is 51.3 Å². The lowest BCUT2D eigenvalue weighted by atomic mass is 9.98. The molecule has 0 bridgehead atoms. The third kappa shape index (κ3) is 3.35. The molecule has 0 fully saturated rings. The van der Waals surface area contributed by atoms with Gasteiger partial charge in [-0.1, -0.05) is 76.1 Å². The van der Waals surface area contributed by atoms with E-state index in [0.717, 1.165) is 38.4 Å². The molecule has 0 N–H and O–H groups in total. The molecule has 1 heterocycles. The van der Waals surface area contributed by atoms with Crippen LogP contribution in [0.1, 0.15) is 23.6 Å². The van der Waals surface area contributed by atoms with Crippen LogP contribution < -0.4 is 5.01 Å². The van der Waals surface area contributed by atoms with E-state index in [1.807, 2.05) is 48.5 Å². The van der Waals surface area contributed by atoms with Crippen LogP contribution in [-0.2, 0) is 0 Å². The Kier molecular flexibility index (Phi) is 4.60. The highest BCUT2D eigenvalue weighted by Gasteiger charge is 2.31. The topological polar surface area (TPSA) is 15.6 Å². The fraction of sp³-hybridized carbons (Fsp3) is 0.0952. The smallest absolute Gasteiger partial charge is 0.0846 e. The van der Waals surface area contributed by atoms with Gasteiger partial charge in [0, 0.05) is 15.9 Å². The van der Waals surface area contributed by atoms with Crippen molar-refractivity contribution in [2.45, 2.75) is 12.5 Å². The molecule has 1 atom stereocenters. The number of hydrogen-bond donors (Lipinski definition) is 0. The molecule has 1 aliphatic heterocycles. The van der Waals surface area contributed by atoms with Crippen molar-refractivity contribution in [1.29, 1.82) is 0 Å². The maximum Gasteiger partial charge on any atom is 0.0846 e. The summed E-state index contributed by atoms with van der Waals surface area (Å²) < 4.78 is 1.07. The van der Waals surface area contributed by atoms with Gasteiger partial charge in [0.05, 0.1) is 17.4 Å². The Morgan fingerprint density at radius 1 is 0.880 bits per heavy atom. The summed E-state index contributed by atoms with van der Waals surface area (Å²) in [5.41, 5.74) is 4.38. The van der Waals surface area contributed by atoms with Crippen molar-refractivity contribution >= 4 is 38.9 Å². The van der Waals surface area contributed by atoms with Gasteiger partial charge in [-0.3, -0.25) is 5.01 Å². The van der Waals surface area contributed by atoms with Gasteiger partial charge in [0.2, 0.25) is 0 Å². The Hall–Kier alpha value is -2.10. The van der Waals surface area contributed by atoms with E-state index in [0.29, 0.717) is 0 Å². The van der Waals surface area contributed by atoms with Crippen molar-refractivity contribution in [1.82, 2.24) is 0 Å². The number of hydrogen-bond acceptors (Lipinski definition) is 2. The van der Waals surface area contributed by atoms with Gasteiger partial charge in [0.15, 0.2) is 0 Å². The van der Waals surface area contributed by atoms with E-state index in [4.69, 9.17) is 16.7 Å². The molecule has 25 heavy (non-hydrogen) atoms. The van der Waals surface area contributed by atoms with Crippen molar-refractivity contribution in [2.75, 3.05) is 5.01 Å². The molecule has 124 valence electrons. The molecular formula is C21H16BrClN2. The minimum absolute atomic E-state index is 0.0924. The molecule has 0 saturated heterocycles. The van der Waals surface area contributed by atoms with Crippen LogP contribution in [0, 0.1) is 0 Å². The first-order valence-corrected chi connectivity index (χ1v) is 9.31. The summed E-state index contributed by atoms with van der Waals surface area (Å²) in [5, 5.41) is 7.79. The first-order valence-electron chi connectivity index (χ1n) is 8.14. The van der Waals surface area contributed by atoms with Crippen LogP contribution >= 0.6 is 27.5 Å². The summed E-state index contributed by atoms with van der Waals surface area (Å²) in [7, 11) is 0. The molecule has 0 spiro atoms. The van der Waals surface area contributed by atoms with E-state index < -0.39 is 0 Å². The van der Waals surface area contributed by atoms with Gasteiger partial charge in [-0.15, -0.1) is 0 Å². The predicted molar refractivity (Wildman–Crippen MR) is 108 cm³/mol. The SMILES string of the molecule is Clc1ccccc1[C@@H]1CC(c2ccc(Br)cc2)=NN1c1ccccc1. The van der Waals surface area contributed by atoms with Crippen LogP contribution in [0.4, 0.5) is 5.69 Å². The number of nitrogens with zero attached hydrogens (tertiary/aromatic N) is 2. The first-order chi connectivity index (χ1) is 12.2. The number of anilines is 1. The highest BCUT2D eigenvalue weighted by atomic mass is 79.9. The minimum atomic E-state index is 0.0924. The fourth-order valence-electron chi connectivity index (χ4n) is 3.13. The molecule has 2 nitrogen and oxygen atoms in total. The van der Waals surface area contributed by atoms with Crippen molar-refractivity contribution in [3.63, 3.8) is 0 Å². The zero-order chi connectivity index (χ0) is 17.2.